The molecule has 0 aliphatic heterocycles. The van der Waals surface area contributed by atoms with Crippen LogP contribution in [0.5, 0.6) is 0 Å². The molecule has 0 spiro atoms. The fourth-order valence-corrected chi connectivity index (χ4v) is 1.94. The number of benzene rings is 1. The molecule has 100 valence electrons. The molecule has 0 unspecified atom stereocenters. The van der Waals surface area contributed by atoms with Gasteiger partial charge in [0, 0.05) is 31.0 Å². The minimum absolute atomic E-state index is 0.277. The number of ether oxygens (including phenoxy) is 1. The van der Waals surface area contributed by atoms with Crippen molar-refractivity contribution in [2.75, 3.05) is 12.3 Å². The number of halogens is 1. The lowest BCUT2D eigenvalue weighted by molar-refractivity contribution is 0.0508. The molecule has 0 radical (unpaired) electrons. The number of nitrogen functional groups attached to an aromatic ring is 1. The third kappa shape index (κ3) is 3.26. The van der Waals surface area contributed by atoms with Crippen LogP contribution in [0, 0.1) is 0 Å². The molecule has 0 bridgehead atoms. The Morgan fingerprint density at radius 1 is 1.47 bits per heavy atom. The molecule has 5 nitrogen and oxygen atoms in total. The summed E-state index contributed by atoms with van der Waals surface area (Å²) in [4.78, 5) is 11.8. The summed E-state index contributed by atoms with van der Waals surface area (Å²) in [5, 5.41) is 4.33. The number of aryl methyl sites for hydroxylation is 1. The zero-order valence-corrected chi connectivity index (χ0v) is 11.2. The van der Waals surface area contributed by atoms with E-state index in [4.69, 9.17) is 22.1 Å². The van der Waals surface area contributed by atoms with Crippen LogP contribution < -0.4 is 5.73 Å². The molecule has 0 aliphatic rings. The molecule has 6 heteroatoms. The minimum atomic E-state index is -0.452. The smallest absolute Gasteiger partial charge is 0.339 e. The Hall–Kier alpha value is -2.01. The molecule has 1 heterocycles. The van der Waals surface area contributed by atoms with Crippen LogP contribution in [0.1, 0.15) is 16.1 Å². The maximum Gasteiger partial charge on any atom is 0.339 e. The van der Waals surface area contributed by atoms with Crippen molar-refractivity contribution in [3.8, 4) is 0 Å². The quantitative estimate of drug-likeness (QED) is 0.687. The number of hydrogen-bond donors (Lipinski definition) is 1. The molecule has 2 rings (SSSR count). The first-order chi connectivity index (χ1) is 9.08. The highest BCUT2D eigenvalue weighted by atomic mass is 35.5. The van der Waals surface area contributed by atoms with E-state index in [0.29, 0.717) is 22.7 Å². The SMILES string of the molecule is Cn1nccc1CCOC(=O)c1ccc(N)cc1Cl. The molecule has 0 aliphatic carbocycles. The predicted molar refractivity (Wildman–Crippen MR) is 73.1 cm³/mol. The summed E-state index contributed by atoms with van der Waals surface area (Å²) in [6.07, 6.45) is 2.31. The van der Waals surface area contributed by atoms with E-state index >= 15 is 0 Å². The van der Waals surface area contributed by atoms with E-state index in [0.717, 1.165) is 5.69 Å². The van der Waals surface area contributed by atoms with Gasteiger partial charge in [0.15, 0.2) is 0 Å². The first-order valence-corrected chi connectivity index (χ1v) is 6.15. The lowest BCUT2D eigenvalue weighted by atomic mass is 10.2. The van der Waals surface area contributed by atoms with Gasteiger partial charge in [0.2, 0.25) is 0 Å². The van der Waals surface area contributed by atoms with Crippen molar-refractivity contribution in [3.63, 3.8) is 0 Å². The number of nitrogens with two attached hydrogens (primary N) is 1. The van der Waals surface area contributed by atoms with Crippen LogP contribution in [-0.2, 0) is 18.2 Å². The van der Waals surface area contributed by atoms with E-state index < -0.39 is 5.97 Å². The van der Waals surface area contributed by atoms with Crippen molar-refractivity contribution >= 4 is 23.3 Å². The van der Waals surface area contributed by atoms with E-state index in [9.17, 15) is 4.79 Å². The summed E-state index contributed by atoms with van der Waals surface area (Å²) < 4.78 is 6.91. The van der Waals surface area contributed by atoms with Gasteiger partial charge in [-0.25, -0.2) is 4.79 Å². The highest BCUT2D eigenvalue weighted by molar-refractivity contribution is 6.33. The Morgan fingerprint density at radius 2 is 2.26 bits per heavy atom. The van der Waals surface area contributed by atoms with Crippen molar-refractivity contribution in [3.05, 3.63) is 46.7 Å². The molecule has 1 aromatic carbocycles. The van der Waals surface area contributed by atoms with Crippen LogP contribution >= 0.6 is 11.6 Å². The molecular formula is C13H14ClN3O2. The molecule has 2 N–H and O–H groups in total. The Labute approximate surface area is 115 Å². The highest BCUT2D eigenvalue weighted by Gasteiger charge is 2.12. The van der Waals surface area contributed by atoms with E-state index in [1.54, 1.807) is 23.0 Å². The normalized spacial score (nSPS) is 10.4. The first-order valence-electron chi connectivity index (χ1n) is 5.77. The number of carbonyl (C=O) groups excluding carboxylic acids is 1. The number of carbonyl (C=O) groups is 1. The zero-order chi connectivity index (χ0) is 13.8. The topological polar surface area (TPSA) is 70.1 Å². The maximum absolute atomic E-state index is 11.8. The molecule has 1 aromatic heterocycles. The molecule has 0 fully saturated rings. The Balaban J connectivity index is 1.93. The summed E-state index contributed by atoms with van der Waals surface area (Å²) in [7, 11) is 1.84. The first kappa shape index (κ1) is 13.4. The van der Waals surface area contributed by atoms with Gasteiger partial charge in [-0.1, -0.05) is 11.6 Å². The standard InChI is InChI=1S/C13H14ClN3O2/c1-17-10(4-6-16-17)5-7-19-13(18)11-3-2-9(15)8-12(11)14/h2-4,6,8H,5,7,15H2,1H3. The fourth-order valence-electron chi connectivity index (χ4n) is 1.67. The van der Waals surface area contributed by atoms with Gasteiger partial charge in [-0.05, 0) is 24.3 Å². The summed E-state index contributed by atoms with van der Waals surface area (Å²) in [6, 6.07) is 6.58. The third-order valence-electron chi connectivity index (χ3n) is 2.73. The fraction of sp³-hybridized carbons (Fsp3) is 0.231. The zero-order valence-electron chi connectivity index (χ0n) is 10.5. The molecule has 2 aromatic rings. The van der Waals surface area contributed by atoms with Crippen LogP contribution in [-0.4, -0.2) is 22.4 Å². The van der Waals surface area contributed by atoms with E-state index in [2.05, 4.69) is 5.10 Å². The van der Waals surface area contributed by atoms with Crippen molar-refractivity contribution in [1.29, 1.82) is 0 Å². The Kier molecular flexibility index (Phi) is 4.06. The van der Waals surface area contributed by atoms with Gasteiger partial charge in [0.05, 0.1) is 17.2 Å². The molecule has 0 atom stereocenters. The van der Waals surface area contributed by atoms with Gasteiger partial charge >= 0.3 is 5.97 Å². The summed E-state index contributed by atoms with van der Waals surface area (Å²) in [5.41, 5.74) is 7.39. The Bertz CT molecular complexity index is 595. The van der Waals surface area contributed by atoms with Gasteiger partial charge in [-0.15, -0.1) is 0 Å². The van der Waals surface area contributed by atoms with E-state index in [1.807, 2.05) is 13.1 Å². The summed E-state index contributed by atoms with van der Waals surface area (Å²) >= 11 is 5.93. The second kappa shape index (κ2) is 5.75. The number of aromatic nitrogens is 2. The summed E-state index contributed by atoms with van der Waals surface area (Å²) in [6.45, 7) is 0.277. The van der Waals surface area contributed by atoms with Crippen molar-refractivity contribution in [2.45, 2.75) is 6.42 Å². The van der Waals surface area contributed by atoms with Crippen LogP contribution in [0.4, 0.5) is 5.69 Å². The van der Waals surface area contributed by atoms with Gasteiger partial charge in [0.25, 0.3) is 0 Å². The lowest BCUT2D eigenvalue weighted by Crippen LogP contribution is -2.10. The van der Waals surface area contributed by atoms with Crippen molar-refractivity contribution in [1.82, 2.24) is 9.78 Å². The molecule has 0 saturated carbocycles. The number of hydrogen-bond acceptors (Lipinski definition) is 4. The number of nitrogens with zero attached hydrogens (tertiary/aromatic N) is 2. The maximum atomic E-state index is 11.8. The second-order valence-electron chi connectivity index (χ2n) is 4.07. The van der Waals surface area contributed by atoms with Crippen molar-refractivity contribution < 1.29 is 9.53 Å². The lowest BCUT2D eigenvalue weighted by Gasteiger charge is -2.07. The number of anilines is 1. The second-order valence-corrected chi connectivity index (χ2v) is 4.48. The monoisotopic (exact) mass is 279 g/mol. The van der Waals surface area contributed by atoms with E-state index in [-0.39, 0.29) is 6.61 Å². The molecule has 0 amide bonds. The number of rotatable bonds is 4. The minimum Gasteiger partial charge on any atom is -0.462 e. The third-order valence-corrected chi connectivity index (χ3v) is 3.04. The van der Waals surface area contributed by atoms with Gasteiger partial charge < -0.3 is 10.5 Å². The van der Waals surface area contributed by atoms with Gasteiger partial charge in [0.1, 0.15) is 0 Å². The largest absolute Gasteiger partial charge is 0.462 e. The van der Waals surface area contributed by atoms with Gasteiger partial charge in [-0.3, -0.25) is 4.68 Å². The van der Waals surface area contributed by atoms with Crippen LogP contribution in [0.2, 0.25) is 5.02 Å². The number of esters is 1. The van der Waals surface area contributed by atoms with Crippen LogP contribution in [0.25, 0.3) is 0 Å². The van der Waals surface area contributed by atoms with Gasteiger partial charge in [-0.2, -0.15) is 5.10 Å². The van der Waals surface area contributed by atoms with Crippen LogP contribution in [0.15, 0.2) is 30.5 Å². The van der Waals surface area contributed by atoms with E-state index in [1.165, 1.54) is 6.07 Å². The molecule has 0 saturated heterocycles. The van der Waals surface area contributed by atoms with Crippen molar-refractivity contribution in [2.24, 2.45) is 7.05 Å². The predicted octanol–water partition coefficient (Wildman–Crippen LogP) is 2.06. The summed E-state index contributed by atoms with van der Waals surface area (Å²) in [5.74, 6) is -0.452. The molecule has 19 heavy (non-hydrogen) atoms. The highest BCUT2D eigenvalue weighted by Crippen LogP contribution is 2.19. The van der Waals surface area contributed by atoms with Crippen LogP contribution in [0.3, 0.4) is 0 Å². The molecular weight excluding hydrogens is 266 g/mol. The average molecular weight is 280 g/mol. The average Bonchev–Trinajstić information content (AvgIpc) is 2.75. The Morgan fingerprint density at radius 3 is 2.89 bits per heavy atom.